The van der Waals surface area contributed by atoms with Gasteiger partial charge < -0.3 is 9.84 Å². The average Bonchev–Trinajstić information content (AvgIpc) is 2.75. The van der Waals surface area contributed by atoms with Crippen molar-refractivity contribution in [2.45, 2.75) is 17.6 Å². The summed E-state index contributed by atoms with van der Waals surface area (Å²) in [6, 6.07) is 6.84. The Balaban J connectivity index is 1.93. The number of nitrogens with zero attached hydrogens (tertiary/aromatic N) is 2. The summed E-state index contributed by atoms with van der Waals surface area (Å²) in [5.74, 6) is 0.907. The normalized spacial score (nSPS) is 10.5. The smallest absolute Gasteiger partial charge is 0.321 e. The molecule has 0 saturated heterocycles. The van der Waals surface area contributed by atoms with Crippen LogP contribution in [0.25, 0.3) is 0 Å². The summed E-state index contributed by atoms with van der Waals surface area (Å²) in [4.78, 5) is 4.98. The Morgan fingerprint density at radius 1 is 1.47 bits per heavy atom. The van der Waals surface area contributed by atoms with Gasteiger partial charge in [-0.15, -0.1) is 11.8 Å². The minimum absolute atomic E-state index is 0.239. The summed E-state index contributed by atoms with van der Waals surface area (Å²) < 4.78 is 17.9. The van der Waals surface area contributed by atoms with E-state index in [1.165, 1.54) is 23.9 Å². The summed E-state index contributed by atoms with van der Waals surface area (Å²) in [7, 11) is 0. The highest BCUT2D eigenvalue weighted by atomic mass is 32.2. The van der Waals surface area contributed by atoms with Crippen LogP contribution in [0.15, 0.2) is 33.7 Å². The predicted molar refractivity (Wildman–Crippen MR) is 64.4 cm³/mol. The number of hydrogen-bond acceptors (Lipinski definition) is 5. The molecule has 0 spiro atoms. The van der Waals surface area contributed by atoms with Gasteiger partial charge in [-0.05, 0) is 25.1 Å². The van der Waals surface area contributed by atoms with Crippen LogP contribution in [0.2, 0.25) is 0 Å². The van der Waals surface area contributed by atoms with Crippen LogP contribution in [0.3, 0.4) is 0 Å². The largest absolute Gasteiger partial charge is 0.338 e. The third-order valence-corrected chi connectivity index (χ3v) is 2.95. The van der Waals surface area contributed by atoms with Crippen molar-refractivity contribution in [1.82, 2.24) is 10.1 Å². The van der Waals surface area contributed by atoms with E-state index in [0.29, 0.717) is 17.6 Å². The number of thioether (sulfide) groups is 1. The molecule has 0 saturated carbocycles. The topological polar surface area (TPSA) is 51.0 Å². The number of hydrogen-bond donors (Lipinski definition) is 1. The first-order chi connectivity index (χ1) is 8.28. The fourth-order valence-electron chi connectivity index (χ4n) is 1.24. The first-order valence-electron chi connectivity index (χ1n) is 5.22. The lowest BCUT2D eigenvalue weighted by Crippen LogP contribution is -1.96. The second kappa shape index (κ2) is 5.67. The fourth-order valence-corrected chi connectivity index (χ4v) is 2.02. The molecule has 0 aliphatic rings. The molecule has 0 bridgehead atoms. The first-order valence-corrected chi connectivity index (χ1v) is 6.21. The van der Waals surface area contributed by atoms with Crippen LogP contribution < -0.4 is 5.32 Å². The minimum atomic E-state index is -0.239. The molecule has 0 amide bonds. The van der Waals surface area contributed by atoms with Gasteiger partial charge in [0.2, 0.25) is 0 Å². The fraction of sp³-hybridized carbons (Fsp3) is 0.273. The summed E-state index contributed by atoms with van der Waals surface area (Å²) in [6.45, 7) is 2.68. The van der Waals surface area contributed by atoms with Crippen molar-refractivity contribution in [3.05, 3.63) is 35.9 Å². The Bertz CT molecular complexity index is 489. The Labute approximate surface area is 103 Å². The molecule has 4 nitrogen and oxygen atoms in total. The lowest BCUT2D eigenvalue weighted by atomic mass is 10.4. The van der Waals surface area contributed by atoms with Gasteiger partial charge in [0, 0.05) is 11.4 Å². The maximum atomic E-state index is 12.9. The molecule has 1 N–H and O–H groups in total. The predicted octanol–water partition coefficient (Wildman–Crippen LogP) is 2.93. The van der Waals surface area contributed by atoms with Gasteiger partial charge in [0.05, 0.1) is 5.75 Å². The van der Waals surface area contributed by atoms with E-state index in [1.54, 1.807) is 6.07 Å². The summed E-state index contributed by atoms with van der Waals surface area (Å²) in [5, 5.41) is 6.73. The van der Waals surface area contributed by atoms with Crippen LogP contribution in [0, 0.1) is 5.82 Å². The van der Waals surface area contributed by atoms with E-state index in [2.05, 4.69) is 15.5 Å². The molecule has 0 unspecified atom stereocenters. The molecule has 1 heterocycles. The molecule has 2 aromatic rings. The van der Waals surface area contributed by atoms with Crippen molar-refractivity contribution >= 4 is 17.8 Å². The van der Waals surface area contributed by atoms with E-state index in [0.717, 1.165) is 11.4 Å². The molecular formula is C11H12FN3OS. The Hall–Kier alpha value is -1.56. The first kappa shape index (κ1) is 11.9. The van der Waals surface area contributed by atoms with Crippen LogP contribution in [-0.4, -0.2) is 16.7 Å². The number of benzene rings is 1. The van der Waals surface area contributed by atoms with Crippen LogP contribution in [0.4, 0.5) is 10.4 Å². The standard InChI is InChI=1S/C11H12FN3OS/c1-2-13-11-14-10(15-16-11)7-17-9-5-3-4-8(12)6-9/h3-6H,2,7H2,1H3,(H,13,14,15). The lowest BCUT2D eigenvalue weighted by molar-refractivity contribution is 0.425. The average molecular weight is 253 g/mol. The monoisotopic (exact) mass is 253 g/mol. The third kappa shape index (κ3) is 3.45. The molecule has 0 atom stereocenters. The Kier molecular flexibility index (Phi) is 3.98. The van der Waals surface area contributed by atoms with Gasteiger partial charge in [0.1, 0.15) is 5.82 Å². The molecule has 6 heteroatoms. The zero-order valence-corrected chi connectivity index (χ0v) is 10.1. The zero-order valence-electron chi connectivity index (χ0n) is 9.31. The summed E-state index contributed by atoms with van der Waals surface area (Å²) >= 11 is 1.47. The highest BCUT2D eigenvalue weighted by Crippen LogP contribution is 2.22. The van der Waals surface area contributed by atoms with E-state index in [4.69, 9.17) is 4.52 Å². The number of nitrogens with one attached hydrogen (secondary N) is 1. The van der Waals surface area contributed by atoms with Gasteiger partial charge in [0.25, 0.3) is 0 Å². The van der Waals surface area contributed by atoms with Crippen molar-refractivity contribution < 1.29 is 8.91 Å². The number of rotatable bonds is 5. The molecule has 90 valence electrons. The summed E-state index contributed by atoms with van der Waals surface area (Å²) in [6.07, 6.45) is 0. The quantitative estimate of drug-likeness (QED) is 0.830. The Morgan fingerprint density at radius 3 is 3.12 bits per heavy atom. The van der Waals surface area contributed by atoms with E-state index >= 15 is 0 Å². The van der Waals surface area contributed by atoms with E-state index < -0.39 is 0 Å². The molecule has 1 aromatic heterocycles. The Morgan fingerprint density at radius 2 is 2.35 bits per heavy atom. The third-order valence-electron chi connectivity index (χ3n) is 1.96. The van der Waals surface area contributed by atoms with Crippen molar-refractivity contribution in [1.29, 1.82) is 0 Å². The summed E-state index contributed by atoms with van der Waals surface area (Å²) in [5.41, 5.74) is 0. The van der Waals surface area contributed by atoms with E-state index in [9.17, 15) is 4.39 Å². The number of anilines is 1. The van der Waals surface area contributed by atoms with Crippen LogP contribution >= 0.6 is 11.8 Å². The SMILES string of the molecule is CCNc1nc(CSc2cccc(F)c2)no1. The van der Waals surface area contributed by atoms with Crippen LogP contribution in [0.5, 0.6) is 0 Å². The minimum Gasteiger partial charge on any atom is -0.338 e. The van der Waals surface area contributed by atoms with Crippen LogP contribution in [-0.2, 0) is 5.75 Å². The van der Waals surface area contributed by atoms with Gasteiger partial charge in [0.15, 0.2) is 5.82 Å². The molecule has 17 heavy (non-hydrogen) atoms. The second-order valence-electron chi connectivity index (χ2n) is 3.29. The van der Waals surface area contributed by atoms with Gasteiger partial charge in [-0.2, -0.15) is 4.98 Å². The molecule has 0 radical (unpaired) electrons. The van der Waals surface area contributed by atoms with Gasteiger partial charge in [-0.3, -0.25) is 0 Å². The van der Waals surface area contributed by atoms with E-state index in [-0.39, 0.29) is 5.82 Å². The second-order valence-corrected chi connectivity index (χ2v) is 4.34. The van der Waals surface area contributed by atoms with Crippen molar-refractivity contribution in [2.75, 3.05) is 11.9 Å². The van der Waals surface area contributed by atoms with Gasteiger partial charge >= 0.3 is 6.01 Å². The van der Waals surface area contributed by atoms with Crippen molar-refractivity contribution in [3.63, 3.8) is 0 Å². The zero-order chi connectivity index (χ0) is 12.1. The van der Waals surface area contributed by atoms with Gasteiger partial charge in [-0.25, -0.2) is 4.39 Å². The molecule has 0 aliphatic carbocycles. The van der Waals surface area contributed by atoms with Gasteiger partial charge in [-0.1, -0.05) is 11.2 Å². The highest BCUT2D eigenvalue weighted by Gasteiger charge is 2.05. The lowest BCUT2D eigenvalue weighted by Gasteiger charge is -1.97. The number of halogens is 1. The van der Waals surface area contributed by atoms with Crippen molar-refractivity contribution in [3.8, 4) is 0 Å². The molecular weight excluding hydrogens is 241 g/mol. The molecule has 1 aromatic carbocycles. The molecule has 2 rings (SSSR count). The maximum Gasteiger partial charge on any atom is 0.321 e. The number of aromatic nitrogens is 2. The van der Waals surface area contributed by atoms with E-state index in [1.807, 2.05) is 13.0 Å². The molecule has 0 aliphatic heterocycles. The maximum absolute atomic E-state index is 12.9. The molecule has 0 fully saturated rings. The highest BCUT2D eigenvalue weighted by molar-refractivity contribution is 7.98. The van der Waals surface area contributed by atoms with Crippen molar-refractivity contribution in [2.24, 2.45) is 0 Å². The van der Waals surface area contributed by atoms with Crippen LogP contribution in [0.1, 0.15) is 12.7 Å².